The molecule has 0 atom stereocenters. The number of hydrogen-bond acceptors (Lipinski definition) is 4. The molecule has 0 aliphatic heterocycles. The third kappa shape index (κ3) is 4.97. The SMILES string of the molecule is CCn1cc(/C=N/NC(=O)COc2ccc(Cl)cc2Cl)c(C)n1. The van der Waals surface area contributed by atoms with E-state index in [1.165, 1.54) is 0 Å². The number of nitrogens with zero attached hydrogens (tertiary/aromatic N) is 3. The maximum absolute atomic E-state index is 11.7. The molecule has 1 amide bonds. The molecule has 8 heteroatoms. The standard InChI is InChI=1S/C15H16Cl2N4O2/c1-3-21-8-11(10(2)20-21)7-18-19-15(22)9-23-14-5-4-12(16)6-13(14)17/h4-8H,3,9H2,1-2H3,(H,19,22)/b18-7+. The van der Waals surface area contributed by atoms with Gasteiger partial charge in [-0.2, -0.15) is 10.2 Å². The van der Waals surface area contributed by atoms with Crippen LogP contribution in [0.5, 0.6) is 5.75 Å². The van der Waals surface area contributed by atoms with Gasteiger partial charge in [-0.05, 0) is 32.0 Å². The van der Waals surface area contributed by atoms with Crippen LogP contribution in [-0.4, -0.2) is 28.5 Å². The van der Waals surface area contributed by atoms with Gasteiger partial charge >= 0.3 is 0 Å². The van der Waals surface area contributed by atoms with Gasteiger partial charge in [-0.1, -0.05) is 23.2 Å². The van der Waals surface area contributed by atoms with E-state index in [1.807, 2.05) is 20.0 Å². The van der Waals surface area contributed by atoms with Crippen LogP contribution in [0, 0.1) is 6.92 Å². The van der Waals surface area contributed by atoms with Crippen LogP contribution in [0.4, 0.5) is 0 Å². The molecule has 2 rings (SSSR count). The van der Waals surface area contributed by atoms with Crippen LogP contribution in [0.1, 0.15) is 18.2 Å². The summed E-state index contributed by atoms with van der Waals surface area (Å²) in [4.78, 5) is 11.7. The molecule has 0 spiro atoms. The molecule has 1 heterocycles. The fraction of sp³-hybridized carbons (Fsp3) is 0.267. The lowest BCUT2D eigenvalue weighted by atomic mass is 10.3. The number of halogens is 2. The molecule has 1 N–H and O–H groups in total. The minimum Gasteiger partial charge on any atom is -0.482 e. The second-order valence-corrected chi connectivity index (χ2v) is 5.53. The number of ether oxygens (including phenoxy) is 1. The summed E-state index contributed by atoms with van der Waals surface area (Å²) in [5.41, 5.74) is 4.07. The van der Waals surface area contributed by atoms with Gasteiger partial charge in [0, 0.05) is 23.3 Å². The summed E-state index contributed by atoms with van der Waals surface area (Å²) in [6, 6.07) is 4.78. The van der Waals surface area contributed by atoms with Crippen molar-refractivity contribution in [3.8, 4) is 5.75 Å². The molecule has 0 fully saturated rings. The highest BCUT2D eigenvalue weighted by atomic mass is 35.5. The van der Waals surface area contributed by atoms with E-state index < -0.39 is 5.91 Å². The van der Waals surface area contributed by atoms with E-state index >= 15 is 0 Å². The highest BCUT2D eigenvalue weighted by molar-refractivity contribution is 6.35. The van der Waals surface area contributed by atoms with E-state index in [0.29, 0.717) is 15.8 Å². The molecule has 0 saturated heterocycles. The zero-order valence-electron chi connectivity index (χ0n) is 12.7. The van der Waals surface area contributed by atoms with E-state index in [0.717, 1.165) is 17.8 Å². The topological polar surface area (TPSA) is 68.5 Å². The number of carbonyl (C=O) groups excluding carboxylic acids is 1. The number of nitrogens with one attached hydrogen (secondary N) is 1. The zero-order valence-corrected chi connectivity index (χ0v) is 14.2. The van der Waals surface area contributed by atoms with Crippen LogP contribution < -0.4 is 10.2 Å². The molecule has 1 aromatic heterocycles. The van der Waals surface area contributed by atoms with Gasteiger partial charge in [-0.3, -0.25) is 9.48 Å². The summed E-state index contributed by atoms with van der Waals surface area (Å²) in [5.74, 6) is -0.0111. The van der Waals surface area contributed by atoms with Gasteiger partial charge in [0.25, 0.3) is 5.91 Å². The first-order valence-electron chi connectivity index (χ1n) is 6.93. The van der Waals surface area contributed by atoms with Crippen molar-refractivity contribution in [2.75, 3.05) is 6.61 Å². The Bertz CT molecular complexity index is 728. The fourth-order valence-corrected chi connectivity index (χ4v) is 2.23. The normalized spacial score (nSPS) is 11.0. The molecule has 0 bridgehead atoms. The Morgan fingerprint density at radius 2 is 2.26 bits per heavy atom. The Labute approximate surface area is 144 Å². The average molecular weight is 355 g/mol. The first-order chi connectivity index (χ1) is 11.0. The molecular weight excluding hydrogens is 339 g/mol. The highest BCUT2D eigenvalue weighted by Gasteiger charge is 2.06. The van der Waals surface area contributed by atoms with Crippen LogP contribution in [0.25, 0.3) is 0 Å². The summed E-state index contributed by atoms with van der Waals surface area (Å²) in [5, 5.41) is 9.01. The molecule has 0 saturated carbocycles. The van der Waals surface area contributed by atoms with Gasteiger partial charge < -0.3 is 4.74 Å². The predicted molar refractivity (Wildman–Crippen MR) is 90.3 cm³/mol. The van der Waals surface area contributed by atoms with Crippen molar-refractivity contribution in [2.45, 2.75) is 20.4 Å². The molecule has 6 nitrogen and oxygen atoms in total. The molecule has 0 radical (unpaired) electrons. The van der Waals surface area contributed by atoms with Gasteiger partial charge in [0.15, 0.2) is 6.61 Å². The number of aromatic nitrogens is 2. The van der Waals surface area contributed by atoms with Crippen molar-refractivity contribution in [3.05, 3.63) is 45.7 Å². The smallest absolute Gasteiger partial charge is 0.277 e. The van der Waals surface area contributed by atoms with Crippen molar-refractivity contribution >= 4 is 35.3 Å². The maximum Gasteiger partial charge on any atom is 0.277 e. The number of rotatable bonds is 6. The largest absolute Gasteiger partial charge is 0.482 e. The molecule has 122 valence electrons. The van der Waals surface area contributed by atoms with E-state index in [4.69, 9.17) is 27.9 Å². The number of benzene rings is 1. The molecule has 0 aliphatic rings. The molecule has 23 heavy (non-hydrogen) atoms. The summed E-state index contributed by atoms with van der Waals surface area (Å²) in [6.07, 6.45) is 3.40. The second-order valence-electron chi connectivity index (χ2n) is 4.68. The first-order valence-corrected chi connectivity index (χ1v) is 7.69. The second kappa shape index (κ2) is 7.99. The van der Waals surface area contributed by atoms with Crippen molar-refractivity contribution in [2.24, 2.45) is 5.10 Å². The minimum atomic E-state index is -0.396. The van der Waals surface area contributed by atoms with Crippen LogP contribution in [0.3, 0.4) is 0 Å². The number of aryl methyl sites for hydroxylation is 2. The van der Waals surface area contributed by atoms with Crippen molar-refractivity contribution < 1.29 is 9.53 Å². The molecule has 1 aromatic carbocycles. The number of carbonyl (C=O) groups is 1. The third-order valence-electron chi connectivity index (χ3n) is 2.95. The summed E-state index contributed by atoms with van der Waals surface area (Å²) in [7, 11) is 0. The highest BCUT2D eigenvalue weighted by Crippen LogP contribution is 2.27. The number of amides is 1. The molecular formula is C15H16Cl2N4O2. The van der Waals surface area contributed by atoms with Crippen LogP contribution in [0.15, 0.2) is 29.5 Å². The predicted octanol–water partition coefficient (Wildman–Crippen LogP) is 3.05. The average Bonchev–Trinajstić information content (AvgIpc) is 2.87. The quantitative estimate of drug-likeness (QED) is 0.640. The van der Waals surface area contributed by atoms with Gasteiger partial charge in [0.1, 0.15) is 5.75 Å². The van der Waals surface area contributed by atoms with Crippen molar-refractivity contribution in [1.29, 1.82) is 0 Å². The van der Waals surface area contributed by atoms with Gasteiger partial charge in [0.2, 0.25) is 0 Å². The Balaban J connectivity index is 1.85. The van der Waals surface area contributed by atoms with E-state index in [-0.39, 0.29) is 6.61 Å². The van der Waals surface area contributed by atoms with Crippen LogP contribution in [-0.2, 0) is 11.3 Å². The van der Waals surface area contributed by atoms with E-state index in [1.54, 1.807) is 29.1 Å². The van der Waals surface area contributed by atoms with E-state index in [9.17, 15) is 4.79 Å². The Morgan fingerprint density at radius 3 is 2.91 bits per heavy atom. The summed E-state index contributed by atoms with van der Waals surface area (Å²) >= 11 is 11.7. The van der Waals surface area contributed by atoms with Gasteiger partial charge in [0.05, 0.1) is 16.9 Å². The molecule has 0 unspecified atom stereocenters. The minimum absolute atomic E-state index is 0.202. The Morgan fingerprint density at radius 1 is 1.48 bits per heavy atom. The molecule has 0 aliphatic carbocycles. The maximum atomic E-state index is 11.7. The Hall–Kier alpha value is -2.05. The first kappa shape index (κ1) is 17.3. The summed E-state index contributed by atoms with van der Waals surface area (Å²) in [6.45, 7) is 4.44. The zero-order chi connectivity index (χ0) is 16.8. The number of hydrogen-bond donors (Lipinski definition) is 1. The lowest BCUT2D eigenvalue weighted by Crippen LogP contribution is -2.24. The monoisotopic (exact) mass is 354 g/mol. The fourth-order valence-electron chi connectivity index (χ4n) is 1.76. The lowest BCUT2D eigenvalue weighted by Gasteiger charge is -2.06. The van der Waals surface area contributed by atoms with Gasteiger partial charge in [-0.25, -0.2) is 5.43 Å². The van der Waals surface area contributed by atoms with E-state index in [2.05, 4.69) is 15.6 Å². The Kier molecular flexibility index (Phi) is 6.01. The molecule has 2 aromatic rings. The van der Waals surface area contributed by atoms with Crippen molar-refractivity contribution in [3.63, 3.8) is 0 Å². The third-order valence-corrected chi connectivity index (χ3v) is 3.48. The lowest BCUT2D eigenvalue weighted by molar-refractivity contribution is -0.123. The summed E-state index contributed by atoms with van der Waals surface area (Å²) < 4.78 is 7.10. The van der Waals surface area contributed by atoms with Crippen LogP contribution >= 0.6 is 23.2 Å². The number of hydrazone groups is 1. The van der Waals surface area contributed by atoms with Gasteiger partial charge in [-0.15, -0.1) is 0 Å². The van der Waals surface area contributed by atoms with Crippen molar-refractivity contribution in [1.82, 2.24) is 15.2 Å². The van der Waals surface area contributed by atoms with Crippen LogP contribution in [0.2, 0.25) is 10.0 Å².